The molecule has 1 aromatic heterocycles. The third-order valence-corrected chi connectivity index (χ3v) is 3.75. The highest BCUT2D eigenvalue weighted by atomic mass is 16.3. The van der Waals surface area contributed by atoms with Crippen LogP contribution in [0.2, 0.25) is 0 Å². The molecular formula is C16H15N3O4. The van der Waals surface area contributed by atoms with Gasteiger partial charge in [-0.05, 0) is 18.6 Å². The number of hydrogen-bond acceptors (Lipinski definition) is 5. The van der Waals surface area contributed by atoms with Crippen molar-refractivity contribution in [3.8, 4) is 5.75 Å². The van der Waals surface area contributed by atoms with E-state index in [2.05, 4.69) is 5.10 Å². The first-order valence-electron chi connectivity index (χ1n) is 7.24. The number of nitrogens with zero attached hydrogens (tertiary/aromatic N) is 3. The zero-order valence-corrected chi connectivity index (χ0v) is 12.3. The van der Waals surface area contributed by atoms with Gasteiger partial charge in [-0.3, -0.25) is 14.4 Å². The van der Waals surface area contributed by atoms with Crippen LogP contribution in [-0.4, -0.2) is 50.5 Å². The van der Waals surface area contributed by atoms with Crippen molar-refractivity contribution in [1.82, 2.24) is 14.7 Å². The molecule has 0 bridgehead atoms. The third kappa shape index (κ3) is 2.98. The Morgan fingerprint density at radius 3 is 2.74 bits per heavy atom. The van der Waals surface area contributed by atoms with Gasteiger partial charge in [-0.2, -0.15) is 5.10 Å². The van der Waals surface area contributed by atoms with E-state index in [4.69, 9.17) is 0 Å². The molecule has 0 saturated carbocycles. The Morgan fingerprint density at radius 2 is 2.04 bits per heavy atom. The Bertz CT molecular complexity index is 781. The first-order valence-corrected chi connectivity index (χ1v) is 7.24. The smallest absolute Gasteiger partial charge is 0.266 e. The number of rotatable bonds is 4. The number of ketones is 1. The molecule has 1 amide bonds. The van der Waals surface area contributed by atoms with Crippen LogP contribution in [-0.2, 0) is 4.79 Å². The zero-order chi connectivity index (χ0) is 16.4. The van der Waals surface area contributed by atoms with E-state index >= 15 is 0 Å². The van der Waals surface area contributed by atoms with Crippen molar-refractivity contribution in [1.29, 1.82) is 0 Å². The lowest BCUT2D eigenvalue weighted by atomic mass is 10.1. The molecule has 1 aliphatic rings. The number of phenolic OH excluding ortho intramolecular Hbond substituents is 1. The summed E-state index contributed by atoms with van der Waals surface area (Å²) in [6.45, 7) is 0.514. The number of carbonyl (C=O) groups is 3. The van der Waals surface area contributed by atoms with Crippen LogP contribution in [0.15, 0.2) is 36.7 Å². The van der Waals surface area contributed by atoms with E-state index in [0.29, 0.717) is 13.0 Å². The molecule has 2 heterocycles. The highest BCUT2D eigenvalue weighted by Gasteiger charge is 2.24. The van der Waals surface area contributed by atoms with Crippen molar-refractivity contribution in [2.24, 2.45) is 0 Å². The lowest BCUT2D eigenvalue weighted by Gasteiger charge is -2.13. The lowest BCUT2D eigenvalue weighted by molar-refractivity contribution is -0.127. The summed E-state index contributed by atoms with van der Waals surface area (Å²) in [5, 5.41) is 13.6. The molecule has 1 aromatic carbocycles. The summed E-state index contributed by atoms with van der Waals surface area (Å²) in [4.78, 5) is 37.5. The van der Waals surface area contributed by atoms with Gasteiger partial charge in [0.1, 0.15) is 12.3 Å². The molecule has 0 radical (unpaired) electrons. The van der Waals surface area contributed by atoms with Crippen molar-refractivity contribution in [2.75, 3.05) is 13.1 Å². The Kier molecular flexibility index (Phi) is 3.92. The molecule has 7 heteroatoms. The summed E-state index contributed by atoms with van der Waals surface area (Å²) < 4.78 is 1.05. The van der Waals surface area contributed by atoms with Crippen LogP contribution in [0.4, 0.5) is 0 Å². The zero-order valence-electron chi connectivity index (χ0n) is 12.3. The fourth-order valence-electron chi connectivity index (χ4n) is 2.50. The molecule has 3 rings (SSSR count). The molecule has 1 fully saturated rings. The maximum absolute atomic E-state index is 12.3. The highest BCUT2D eigenvalue weighted by Crippen LogP contribution is 2.19. The molecule has 2 aromatic rings. The average Bonchev–Trinajstić information content (AvgIpc) is 3.17. The Labute approximate surface area is 132 Å². The van der Waals surface area contributed by atoms with Gasteiger partial charge < -0.3 is 10.0 Å². The van der Waals surface area contributed by atoms with Crippen LogP contribution < -0.4 is 0 Å². The number of para-hydroxylation sites is 1. The number of amides is 1. The number of hydrogen-bond donors (Lipinski definition) is 1. The quantitative estimate of drug-likeness (QED) is 0.853. The molecule has 0 spiro atoms. The standard InChI is InChI=1S/C16H15N3O4/c20-13-5-2-1-4-12(13)16(23)11-8-17-19(9-11)15(22)10-18-7-3-6-14(18)21/h1-2,4-5,8-9,20H,3,6-7,10H2. The highest BCUT2D eigenvalue weighted by molar-refractivity contribution is 6.10. The van der Waals surface area contributed by atoms with Crippen LogP contribution in [0.25, 0.3) is 0 Å². The molecule has 1 N–H and O–H groups in total. The van der Waals surface area contributed by atoms with E-state index in [1.54, 1.807) is 12.1 Å². The summed E-state index contributed by atoms with van der Waals surface area (Å²) in [6.07, 6.45) is 3.81. The monoisotopic (exact) mass is 313 g/mol. The van der Waals surface area contributed by atoms with E-state index in [0.717, 1.165) is 11.1 Å². The van der Waals surface area contributed by atoms with Crippen molar-refractivity contribution in [3.05, 3.63) is 47.8 Å². The van der Waals surface area contributed by atoms with Crippen molar-refractivity contribution < 1.29 is 19.5 Å². The Morgan fingerprint density at radius 1 is 1.26 bits per heavy atom. The second-order valence-corrected chi connectivity index (χ2v) is 5.33. The second kappa shape index (κ2) is 6.04. The van der Waals surface area contributed by atoms with Gasteiger partial charge in [0.25, 0.3) is 5.91 Å². The third-order valence-electron chi connectivity index (χ3n) is 3.75. The predicted molar refractivity (Wildman–Crippen MR) is 80.2 cm³/mol. The van der Waals surface area contributed by atoms with Crippen molar-refractivity contribution >= 4 is 17.6 Å². The fourth-order valence-corrected chi connectivity index (χ4v) is 2.50. The van der Waals surface area contributed by atoms with Gasteiger partial charge in [-0.1, -0.05) is 12.1 Å². The number of benzene rings is 1. The number of phenols is 1. The SMILES string of the molecule is O=C(c1cnn(C(=O)CN2CCCC2=O)c1)c1ccccc1O. The first-order chi connectivity index (χ1) is 11.1. The molecule has 1 aliphatic heterocycles. The maximum atomic E-state index is 12.3. The van der Waals surface area contributed by atoms with Gasteiger partial charge in [-0.25, -0.2) is 4.68 Å². The van der Waals surface area contributed by atoms with Crippen LogP contribution in [0.1, 0.15) is 33.6 Å². The number of carbonyl (C=O) groups excluding carboxylic acids is 3. The van der Waals surface area contributed by atoms with E-state index in [1.807, 2.05) is 0 Å². The van der Waals surface area contributed by atoms with Crippen LogP contribution in [0, 0.1) is 0 Å². The van der Waals surface area contributed by atoms with E-state index < -0.39 is 5.78 Å². The number of aromatic nitrogens is 2. The number of aromatic hydroxyl groups is 1. The molecule has 0 atom stereocenters. The normalized spacial score (nSPS) is 14.3. The summed E-state index contributed by atoms with van der Waals surface area (Å²) in [5.41, 5.74) is 0.349. The van der Waals surface area contributed by atoms with E-state index in [1.165, 1.54) is 29.4 Å². The largest absolute Gasteiger partial charge is 0.507 e. The summed E-state index contributed by atoms with van der Waals surface area (Å²) >= 11 is 0. The molecular weight excluding hydrogens is 298 g/mol. The lowest BCUT2D eigenvalue weighted by Crippen LogP contribution is -2.33. The van der Waals surface area contributed by atoms with Gasteiger partial charge in [-0.15, -0.1) is 0 Å². The van der Waals surface area contributed by atoms with Crippen LogP contribution in [0.3, 0.4) is 0 Å². The minimum absolute atomic E-state index is 0.0454. The molecule has 7 nitrogen and oxygen atoms in total. The van der Waals surface area contributed by atoms with Crippen LogP contribution >= 0.6 is 0 Å². The van der Waals surface area contributed by atoms with Gasteiger partial charge in [0.05, 0.1) is 17.3 Å². The summed E-state index contributed by atoms with van der Waals surface area (Å²) in [6, 6.07) is 6.18. The van der Waals surface area contributed by atoms with Gasteiger partial charge in [0.2, 0.25) is 5.91 Å². The molecule has 23 heavy (non-hydrogen) atoms. The predicted octanol–water partition coefficient (Wildman–Crippen LogP) is 1.08. The molecule has 1 saturated heterocycles. The van der Waals surface area contributed by atoms with E-state index in [-0.39, 0.29) is 35.2 Å². The average molecular weight is 313 g/mol. The summed E-state index contributed by atoms with van der Waals surface area (Å²) in [5.74, 6) is -0.966. The number of likely N-dealkylation sites (tertiary alicyclic amines) is 1. The van der Waals surface area contributed by atoms with Crippen molar-refractivity contribution in [3.63, 3.8) is 0 Å². The van der Waals surface area contributed by atoms with Gasteiger partial charge >= 0.3 is 0 Å². The maximum Gasteiger partial charge on any atom is 0.266 e. The second-order valence-electron chi connectivity index (χ2n) is 5.33. The van der Waals surface area contributed by atoms with Crippen molar-refractivity contribution in [2.45, 2.75) is 12.8 Å². The molecule has 118 valence electrons. The Balaban J connectivity index is 1.75. The first kappa shape index (κ1) is 15.0. The fraction of sp³-hybridized carbons (Fsp3) is 0.250. The van der Waals surface area contributed by atoms with Gasteiger partial charge in [0.15, 0.2) is 5.78 Å². The molecule has 0 unspecified atom stereocenters. The molecule has 0 aliphatic carbocycles. The topological polar surface area (TPSA) is 92.5 Å². The van der Waals surface area contributed by atoms with Crippen LogP contribution in [0.5, 0.6) is 5.75 Å². The Hall–Kier alpha value is -2.96. The minimum Gasteiger partial charge on any atom is -0.507 e. The van der Waals surface area contributed by atoms with E-state index in [9.17, 15) is 19.5 Å². The van der Waals surface area contributed by atoms with Gasteiger partial charge in [0, 0.05) is 19.2 Å². The summed E-state index contributed by atoms with van der Waals surface area (Å²) in [7, 11) is 0. The minimum atomic E-state index is -0.417.